The van der Waals surface area contributed by atoms with Crippen molar-refractivity contribution < 1.29 is 5.03 Å². The number of rotatable bonds is 5. The minimum absolute atomic E-state index is 0.312. The van der Waals surface area contributed by atoms with E-state index in [9.17, 15) is 10.1 Å². The van der Waals surface area contributed by atoms with Crippen LogP contribution < -0.4 is 0 Å². The van der Waals surface area contributed by atoms with Crippen LogP contribution in [0, 0.1) is 10.1 Å². The second-order valence-corrected chi connectivity index (χ2v) is 6.41. The standard InChI is InChI=1S/C16H18ClN7O2/c1-21-11-22(9-13-3-2-6-18-7-13)16(20-24(25)26)23(12-21)10-14-4-5-15(17)19-8-14/h2-8H,9-12H2,1H3/b20-16-. The summed E-state index contributed by atoms with van der Waals surface area (Å²) >= 11 is 5.83. The molecule has 1 aliphatic heterocycles. The third-order valence-electron chi connectivity index (χ3n) is 3.82. The summed E-state index contributed by atoms with van der Waals surface area (Å²) in [4.78, 5) is 25.0. The Kier molecular flexibility index (Phi) is 5.59. The Morgan fingerprint density at radius 3 is 2.42 bits per heavy atom. The molecule has 0 unspecified atom stereocenters. The fraction of sp³-hybridized carbons (Fsp3) is 0.312. The van der Waals surface area contributed by atoms with Crippen LogP contribution >= 0.6 is 11.6 Å². The Labute approximate surface area is 155 Å². The Morgan fingerprint density at radius 2 is 1.88 bits per heavy atom. The molecule has 9 nitrogen and oxygen atoms in total. The molecule has 2 aromatic rings. The van der Waals surface area contributed by atoms with Gasteiger partial charge in [-0.25, -0.2) is 15.1 Å². The number of nitro groups is 1. The number of hydrogen-bond donors (Lipinski definition) is 0. The van der Waals surface area contributed by atoms with Crippen molar-refractivity contribution in [3.05, 3.63) is 69.3 Å². The molecule has 2 aromatic heterocycles. The maximum Gasteiger partial charge on any atom is 0.276 e. The normalized spacial score (nSPS) is 16.9. The van der Waals surface area contributed by atoms with Gasteiger partial charge in [0.1, 0.15) is 10.3 Å². The van der Waals surface area contributed by atoms with Gasteiger partial charge < -0.3 is 9.80 Å². The SMILES string of the molecule is CN1CN(Cc2cccnc2)/C(=N/[N+](=O)[O-])N(Cc2ccc(Cl)nc2)C1. The molecular formula is C16H18ClN7O2. The lowest BCUT2D eigenvalue weighted by molar-refractivity contribution is -0.486. The van der Waals surface area contributed by atoms with E-state index < -0.39 is 5.03 Å². The lowest BCUT2D eigenvalue weighted by atomic mass is 10.2. The number of halogens is 1. The van der Waals surface area contributed by atoms with E-state index in [2.05, 4.69) is 20.0 Å². The second kappa shape index (κ2) is 8.07. The smallest absolute Gasteiger partial charge is 0.276 e. The summed E-state index contributed by atoms with van der Waals surface area (Å²) in [5.41, 5.74) is 1.84. The first-order chi connectivity index (χ1) is 12.5. The van der Waals surface area contributed by atoms with Gasteiger partial charge in [-0.05, 0) is 30.3 Å². The van der Waals surface area contributed by atoms with Gasteiger partial charge in [0, 0.05) is 31.7 Å². The van der Waals surface area contributed by atoms with E-state index in [1.54, 1.807) is 24.7 Å². The average molecular weight is 376 g/mol. The topological polar surface area (TPSA) is 91.0 Å². The van der Waals surface area contributed by atoms with Crippen molar-refractivity contribution in [3.63, 3.8) is 0 Å². The lowest BCUT2D eigenvalue weighted by Crippen LogP contribution is -2.57. The number of nitrogens with zero attached hydrogens (tertiary/aromatic N) is 7. The molecule has 0 bridgehead atoms. The van der Waals surface area contributed by atoms with E-state index in [0.29, 0.717) is 37.5 Å². The second-order valence-electron chi connectivity index (χ2n) is 6.02. The van der Waals surface area contributed by atoms with Crippen LogP contribution in [0.25, 0.3) is 0 Å². The van der Waals surface area contributed by atoms with Crippen LogP contribution in [0.4, 0.5) is 0 Å². The number of aromatic nitrogens is 2. The van der Waals surface area contributed by atoms with Gasteiger partial charge in [0.2, 0.25) is 0 Å². The Hall–Kier alpha value is -2.78. The first-order valence-electron chi connectivity index (χ1n) is 7.92. The van der Waals surface area contributed by atoms with Gasteiger partial charge in [0.05, 0.1) is 13.3 Å². The van der Waals surface area contributed by atoms with Crippen LogP contribution in [0.1, 0.15) is 11.1 Å². The Bertz CT molecular complexity index is 785. The molecule has 1 aliphatic rings. The van der Waals surface area contributed by atoms with Gasteiger partial charge in [-0.1, -0.05) is 23.7 Å². The fourth-order valence-electron chi connectivity index (χ4n) is 2.83. The molecule has 1 saturated heterocycles. The molecule has 26 heavy (non-hydrogen) atoms. The fourth-order valence-corrected chi connectivity index (χ4v) is 2.94. The average Bonchev–Trinajstić information content (AvgIpc) is 2.60. The van der Waals surface area contributed by atoms with Crippen LogP contribution in [0.3, 0.4) is 0 Å². The van der Waals surface area contributed by atoms with Crippen LogP contribution in [0.15, 0.2) is 48.0 Å². The maximum absolute atomic E-state index is 11.1. The minimum atomic E-state index is -0.663. The van der Waals surface area contributed by atoms with Crippen molar-refractivity contribution >= 4 is 17.6 Å². The highest BCUT2D eigenvalue weighted by Gasteiger charge is 2.30. The van der Waals surface area contributed by atoms with Gasteiger partial charge in [0.25, 0.3) is 5.96 Å². The number of guanidine groups is 1. The van der Waals surface area contributed by atoms with Crippen molar-refractivity contribution in [3.8, 4) is 0 Å². The predicted octanol–water partition coefficient (Wildman–Crippen LogP) is 1.84. The Morgan fingerprint density at radius 1 is 1.19 bits per heavy atom. The molecule has 10 heteroatoms. The molecule has 0 spiro atoms. The molecule has 1 fully saturated rings. The van der Waals surface area contributed by atoms with Gasteiger partial charge in [-0.2, -0.15) is 0 Å². The number of hydrogen-bond acceptors (Lipinski definition) is 5. The van der Waals surface area contributed by atoms with Crippen molar-refractivity contribution in [1.82, 2.24) is 24.7 Å². The molecule has 0 atom stereocenters. The summed E-state index contributed by atoms with van der Waals surface area (Å²) in [7, 11) is 1.95. The van der Waals surface area contributed by atoms with Crippen LogP contribution in [0.5, 0.6) is 0 Å². The molecule has 0 aliphatic carbocycles. The van der Waals surface area contributed by atoms with E-state index in [1.165, 1.54) is 0 Å². The van der Waals surface area contributed by atoms with Crippen molar-refractivity contribution in [2.24, 2.45) is 5.10 Å². The van der Waals surface area contributed by atoms with E-state index in [-0.39, 0.29) is 0 Å². The zero-order chi connectivity index (χ0) is 18.5. The summed E-state index contributed by atoms with van der Waals surface area (Å²) < 4.78 is 0. The molecule has 0 aromatic carbocycles. The van der Waals surface area contributed by atoms with Crippen LogP contribution in [-0.4, -0.2) is 56.0 Å². The largest absolute Gasteiger partial charge is 0.320 e. The maximum atomic E-state index is 11.1. The highest BCUT2D eigenvalue weighted by atomic mass is 35.5. The Balaban J connectivity index is 1.86. The first kappa shape index (κ1) is 18.0. The van der Waals surface area contributed by atoms with E-state index >= 15 is 0 Å². The van der Waals surface area contributed by atoms with Crippen molar-refractivity contribution in [1.29, 1.82) is 0 Å². The van der Waals surface area contributed by atoms with Crippen molar-refractivity contribution in [2.75, 3.05) is 20.4 Å². The predicted molar refractivity (Wildman–Crippen MR) is 96.5 cm³/mol. The summed E-state index contributed by atoms with van der Waals surface area (Å²) in [5, 5.41) is 14.5. The third kappa shape index (κ3) is 4.64. The quantitative estimate of drug-likeness (QED) is 0.447. The lowest BCUT2D eigenvalue weighted by Gasteiger charge is -2.42. The van der Waals surface area contributed by atoms with E-state index in [0.717, 1.165) is 11.1 Å². The summed E-state index contributed by atoms with van der Waals surface area (Å²) in [6.07, 6.45) is 5.09. The van der Waals surface area contributed by atoms with Crippen LogP contribution in [-0.2, 0) is 13.1 Å². The summed E-state index contributed by atoms with van der Waals surface area (Å²) in [6.45, 7) is 1.95. The van der Waals surface area contributed by atoms with Gasteiger partial charge in [-0.15, -0.1) is 0 Å². The van der Waals surface area contributed by atoms with E-state index in [1.807, 2.05) is 35.0 Å². The highest BCUT2D eigenvalue weighted by Crippen LogP contribution is 2.17. The van der Waals surface area contributed by atoms with Gasteiger partial charge in [-0.3, -0.25) is 9.88 Å². The third-order valence-corrected chi connectivity index (χ3v) is 4.04. The van der Waals surface area contributed by atoms with Crippen molar-refractivity contribution in [2.45, 2.75) is 13.1 Å². The molecule has 136 valence electrons. The molecule has 3 heterocycles. The first-order valence-corrected chi connectivity index (χ1v) is 8.30. The summed E-state index contributed by atoms with van der Waals surface area (Å²) in [5.74, 6) is 0.312. The number of pyridine rings is 2. The minimum Gasteiger partial charge on any atom is -0.320 e. The molecule has 3 rings (SSSR count). The van der Waals surface area contributed by atoms with Gasteiger partial charge in [0.15, 0.2) is 5.03 Å². The monoisotopic (exact) mass is 375 g/mol. The molecule has 0 saturated carbocycles. The zero-order valence-electron chi connectivity index (χ0n) is 14.2. The van der Waals surface area contributed by atoms with E-state index in [4.69, 9.17) is 11.6 Å². The molecule has 0 amide bonds. The van der Waals surface area contributed by atoms with Gasteiger partial charge >= 0.3 is 0 Å². The highest BCUT2D eigenvalue weighted by molar-refractivity contribution is 6.29. The molecular weight excluding hydrogens is 358 g/mol. The molecule has 0 radical (unpaired) electrons. The summed E-state index contributed by atoms with van der Waals surface area (Å²) in [6, 6.07) is 7.31. The zero-order valence-corrected chi connectivity index (χ0v) is 15.0. The van der Waals surface area contributed by atoms with Crippen LogP contribution in [0.2, 0.25) is 5.15 Å². The number of hydrazone groups is 1. The molecule has 0 N–H and O–H groups in total.